The number of halogens is 11. The van der Waals surface area contributed by atoms with Gasteiger partial charge in [-0.15, -0.1) is 17.4 Å². The Balaban J connectivity index is 0.000000159. The van der Waals surface area contributed by atoms with E-state index in [9.17, 15) is 40.1 Å². The molecule has 2 aromatic carbocycles. The lowest BCUT2D eigenvalue weighted by Crippen LogP contribution is -2.19. The summed E-state index contributed by atoms with van der Waals surface area (Å²) in [5.41, 5.74) is 28.0. The fourth-order valence-electron chi connectivity index (χ4n) is 10.8. The molecule has 0 unspecified atom stereocenters. The maximum atomic E-state index is 14.1. The number of hydrogen-bond donors (Lipinski definition) is 7. The first kappa shape index (κ1) is 88.4. The molecule has 0 spiro atoms. The van der Waals surface area contributed by atoms with Gasteiger partial charge in [0.1, 0.15) is 70.1 Å². The number of aromatic amines is 3. The molecular formula is C75H68AlCl4F7N27O2P. The Bertz CT molecular complexity index is 6110. The van der Waals surface area contributed by atoms with E-state index in [0.29, 0.717) is 94.4 Å². The second-order valence-corrected chi connectivity index (χ2v) is 35.6. The lowest BCUT2D eigenvalue weighted by molar-refractivity contribution is 0.600. The number of nitriles is 1. The van der Waals surface area contributed by atoms with E-state index in [4.69, 9.17) is 34.1 Å². The number of H-pyrrole nitrogens is 3. The number of aliphatic imine (C=N–C) groups is 1. The van der Waals surface area contributed by atoms with Gasteiger partial charge >= 0.3 is 10.9 Å². The third-order valence-corrected chi connectivity index (χ3v) is 15.8. The van der Waals surface area contributed by atoms with Gasteiger partial charge in [-0.1, -0.05) is 35.4 Å². The van der Waals surface area contributed by atoms with Crippen LogP contribution >= 0.6 is 50.5 Å². The third-order valence-electron chi connectivity index (χ3n) is 15.6. The summed E-state index contributed by atoms with van der Waals surface area (Å²) in [7, 11) is 0. The molecule has 17 rings (SSSR count). The predicted octanol–water partition coefficient (Wildman–Crippen LogP) is 15.6. The highest BCUT2D eigenvalue weighted by Gasteiger charge is 2.23. The number of amidine groups is 1. The van der Waals surface area contributed by atoms with Crippen LogP contribution in [0.25, 0.3) is 62.3 Å². The van der Waals surface area contributed by atoms with Crippen LogP contribution in [0.15, 0.2) is 211 Å². The molecule has 0 amide bonds. The minimum Gasteiger partial charge on any atom is -0.384 e. The smallest absolute Gasteiger partial charge is 0.349 e. The van der Waals surface area contributed by atoms with Gasteiger partial charge < -0.3 is 22.5 Å². The van der Waals surface area contributed by atoms with Gasteiger partial charge in [0.2, 0.25) is 11.2 Å². The van der Waals surface area contributed by atoms with Gasteiger partial charge in [0, 0.05) is 84.0 Å². The van der Waals surface area contributed by atoms with Crippen molar-refractivity contribution in [1.29, 1.82) is 5.26 Å². The molecule has 2 aliphatic rings. The van der Waals surface area contributed by atoms with Gasteiger partial charge in [-0.25, -0.2) is 55.5 Å². The van der Waals surface area contributed by atoms with E-state index in [-0.39, 0.29) is 48.3 Å². The second kappa shape index (κ2) is 42.7. The number of aromatic nitrogens is 21. The Labute approximate surface area is 685 Å². The van der Waals surface area contributed by atoms with Crippen molar-refractivity contribution >= 4 is 116 Å². The minimum absolute atomic E-state index is 0.0890. The van der Waals surface area contributed by atoms with Gasteiger partial charge in [0.15, 0.2) is 28.6 Å². The van der Waals surface area contributed by atoms with Crippen molar-refractivity contribution in [1.82, 2.24) is 104 Å². The van der Waals surface area contributed by atoms with Gasteiger partial charge in [-0.05, 0) is 173 Å². The van der Waals surface area contributed by atoms with Crippen molar-refractivity contribution in [2.24, 2.45) is 16.5 Å². The molecule has 117 heavy (non-hydrogen) atoms. The molecule has 0 aliphatic heterocycles. The van der Waals surface area contributed by atoms with E-state index in [1.807, 2.05) is 19.1 Å². The number of fused-ring (bicyclic) bond motifs is 5. The molecule has 15 aromatic rings. The standard InChI is InChI=1S/C22H18F2N6.C12H14FN.C10H5ClFN5.C10H6FN5O.C9H8FN5.C6H3FN2.C3H5N3.3CH3.Al.Cl3OP/c1-13-9-18-17(3-2-4-19(18)24)16(13)5-7-26-22-29-21(14-10-15(23)12-25-11-14)28-20-6-8-27-30(20)22;1-8-7-11-10(9(8)5-6-14)3-2-4-12(11)13;11-10-16-9(6-3-7(12)5-13-4-6)15-8-1-2-14-17(8)10;11-7-3-6(4-12-5-7)9-14-8-1-2-13-16(8)10(17)15-9;10-7-3-6(4-12-5-7)9(11)14-8-1-2-13-15-8;7-6-1-5(2-8)3-9-4-6;4-3-1-2-5-6-3;;;;;1-5(2,3)4/h2-4,6,8,10-12H,5,7,9H2,1H3,(H,26,28,29);2-4H,5-7,14H2,1H3;1-5H;1-5H,(H,14,15,17);1-5H,(H3,11,13,14,15);1,3-4H;1-2H,(H3,4,5,6);3*1H3;;. The maximum Gasteiger partial charge on any atom is 0.349 e. The average molecular weight is 1710 g/mol. The molecule has 0 saturated heterocycles. The molecule has 0 bridgehead atoms. The normalized spacial score (nSPS) is 11.6. The summed E-state index contributed by atoms with van der Waals surface area (Å²) in [6.07, 6.45) is 23.4. The van der Waals surface area contributed by atoms with Crippen LogP contribution in [-0.4, -0.2) is 137 Å². The topological polar surface area (TPSA) is 414 Å². The first-order valence-electron chi connectivity index (χ1n) is 34.6. The first-order chi connectivity index (χ1) is 56.0. The van der Waals surface area contributed by atoms with Crippen LogP contribution in [0, 0.1) is 52.1 Å². The Morgan fingerprint density at radius 2 is 1.06 bits per heavy atom. The number of rotatable bonds is 11. The van der Waals surface area contributed by atoms with Crippen LogP contribution < -0.4 is 28.2 Å². The maximum absolute atomic E-state index is 14.1. The lowest BCUT2D eigenvalue weighted by atomic mass is 10.0. The van der Waals surface area contributed by atoms with Gasteiger partial charge in [-0.2, -0.15) is 54.3 Å². The average Bonchev–Trinajstić information content (AvgIpc) is 1.74. The summed E-state index contributed by atoms with van der Waals surface area (Å²) in [5, 5.41) is 32.9. The zero-order chi connectivity index (χ0) is 84.3. The number of nitrogens with zero attached hydrogens (tertiary/aromatic N) is 20. The second-order valence-electron chi connectivity index (χ2n) is 25.2. The van der Waals surface area contributed by atoms with Crippen LogP contribution in [0.1, 0.15) is 60.1 Å². The van der Waals surface area contributed by atoms with Crippen LogP contribution in [-0.2, 0) is 17.4 Å². The van der Waals surface area contributed by atoms with Gasteiger partial charge in [-0.3, -0.25) is 44.7 Å². The van der Waals surface area contributed by atoms with Crippen LogP contribution in [0.5, 0.6) is 0 Å². The van der Waals surface area contributed by atoms with E-state index >= 15 is 0 Å². The molecule has 600 valence electrons. The molecule has 29 nitrogen and oxygen atoms in total. The Morgan fingerprint density at radius 3 is 1.55 bits per heavy atom. The van der Waals surface area contributed by atoms with Crippen molar-refractivity contribution in [2.75, 3.05) is 24.1 Å². The highest BCUT2D eigenvalue weighted by atomic mass is 36.0. The van der Waals surface area contributed by atoms with Crippen molar-refractivity contribution in [3.05, 3.63) is 291 Å². The third kappa shape index (κ3) is 26.5. The Kier molecular flexibility index (Phi) is 32.3. The molecule has 2 aliphatic carbocycles. The number of nitrogens with two attached hydrogens (primary N) is 3. The molecule has 10 N–H and O–H groups in total. The van der Waals surface area contributed by atoms with Gasteiger partial charge in [0.05, 0.1) is 67.5 Å². The molecule has 42 heteroatoms. The van der Waals surface area contributed by atoms with Crippen LogP contribution in [0.3, 0.4) is 0 Å². The van der Waals surface area contributed by atoms with E-state index in [1.54, 1.807) is 77.8 Å². The molecular weight excluding hydrogens is 1640 g/mol. The van der Waals surface area contributed by atoms with Crippen LogP contribution in [0.4, 0.5) is 48.3 Å². The van der Waals surface area contributed by atoms with Crippen molar-refractivity contribution in [3.8, 4) is 40.2 Å². The predicted molar refractivity (Wildman–Crippen MR) is 436 cm³/mol. The number of hydrogen-bond acceptors (Lipinski definition) is 22. The Morgan fingerprint density at radius 1 is 0.590 bits per heavy atom. The van der Waals surface area contributed by atoms with Crippen LogP contribution in [0.2, 0.25) is 22.6 Å². The summed E-state index contributed by atoms with van der Waals surface area (Å²) >= 11 is 19.6. The number of allylic oxidation sites excluding steroid dienone is 2. The van der Waals surface area contributed by atoms with E-state index in [2.05, 4.69) is 159 Å². The fourth-order valence-corrected chi connectivity index (χ4v) is 11.0. The zero-order valence-electron chi connectivity index (χ0n) is 62.3. The summed E-state index contributed by atoms with van der Waals surface area (Å²) in [6.45, 7) is 5.31. The number of anilines is 2. The molecule has 0 radical (unpaired) electrons. The monoisotopic (exact) mass is 1710 g/mol. The molecule has 13 heterocycles. The number of pyridine rings is 5. The lowest BCUT2D eigenvalue weighted by Gasteiger charge is -2.11. The number of nitrogens with one attached hydrogen (secondary N) is 4. The highest BCUT2D eigenvalue weighted by molar-refractivity contribution is 8.24. The summed E-state index contributed by atoms with van der Waals surface area (Å²) in [6, 6.07) is 26.9. The summed E-state index contributed by atoms with van der Waals surface area (Å²) in [4.78, 5) is 57.9. The van der Waals surface area contributed by atoms with Crippen molar-refractivity contribution < 1.29 is 35.3 Å². The largest absolute Gasteiger partial charge is 0.384 e. The SMILES string of the molecule is CC1=C(CCN)c2cccc(F)c2C1.CC1=C(CCNc2nc(-c3cncc(F)c3)nc3ccnn23)c2cccc(F)c2C1.Fc1cncc(-c2nc(Cl)n3nccc3n2)c1.N#Cc1cncc(F)c1.NC(=Nc1ccn[nH]1)c1cncc(F)c1.Nc1ccn[nH]1.O=P(Cl)(Cl)Cl.O=c1[nH]c(-c2cncc(F)c2)nc2ccnn12.[CH3][Al]([CH3])[CH3]. The van der Waals surface area contributed by atoms with Crippen molar-refractivity contribution in [2.45, 2.75) is 56.9 Å². The number of nitrogen functional groups attached to an aromatic ring is 1. The fraction of sp³-hybridized carbons (Fsp3) is 0.147. The summed E-state index contributed by atoms with van der Waals surface area (Å²) < 4.78 is 106. The van der Waals surface area contributed by atoms with Gasteiger partial charge in [0.25, 0.3) is 14.1 Å². The van der Waals surface area contributed by atoms with Crippen molar-refractivity contribution in [3.63, 3.8) is 0 Å². The Hall–Kier alpha value is -12.5. The van der Waals surface area contributed by atoms with E-state index in [0.717, 1.165) is 82.2 Å². The van der Waals surface area contributed by atoms with E-state index in [1.165, 1.54) is 94.8 Å². The quantitative estimate of drug-likeness (QED) is 0.0208. The molecule has 13 aromatic heterocycles. The minimum atomic E-state index is -3.22. The zero-order valence-corrected chi connectivity index (χ0v) is 67.4. The molecule has 0 fully saturated rings. The summed E-state index contributed by atoms with van der Waals surface area (Å²) in [5.74, 6) is 7.10. The molecule has 0 atom stereocenters. The number of benzene rings is 2. The van der Waals surface area contributed by atoms with E-state index < -0.39 is 40.0 Å². The highest BCUT2D eigenvalue weighted by Crippen LogP contribution is 2.61. The molecule has 0 saturated carbocycles. The first-order valence-corrected chi connectivity index (χ1v) is 42.9.